The van der Waals surface area contributed by atoms with Crippen LogP contribution in [0.3, 0.4) is 0 Å². The van der Waals surface area contributed by atoms with Gasteiger partial charge < -0.3 is 5.21 Å². The van der Waals surface area contributed by atoms with Crippen molar-refractivity contribution in [2.24, 2.45) is 10.6 Å². The van der Waals surface area contributed by atoms with E-state index in [2.05, 4.69) is 37.2 Å². The van der Waals surface area contributed by atoms with Crippen LogP contribution in [0, 0.1) is 12.3 Å². The van der Waals surface area contributed by atoms with Gasteiger partial charge in [0.2, 0.25) is 0 Å². The second kappa shape index (κ2) is 4.99. The molecule has 0 bridgehead atoms. The third-order valence-corrected chi connectivity index (χ3v) is 4.01. The fraction of sp³-hybridized carbons (Fsp3) is 0.333. The molecule has 1 aliphatic carbocycles. The zero-order chi connectivity index (χ0) is 15.0. The van der Waals surface area contributed by atoms with Crippen LogP contribution in [0.5, 0.6) is 0 Å². The number of fused-ring (bicyclic) bond motifs is 1. The lowest BCUT2D eigenvalue weighted by Gasteiger charge is -2.32. The van der Waals surface area contributed by atoms with Gasteiger partial charge in [-0.3, -0.25) is 4.98 Å². The number of hydrogen-bond acceptors (Lipinski definition) is 3. The van der Waals surface area contributed by atoms with Crippen molar-refractivity contribution in [1.29, 1.82) is 0 Å². The van der Waals surface area contributed by atoms with Crippen LogP contribution in [0.2, 0.25) is 0 Å². The molecule has 2 aromatic rings. The van der Waals surface area contributed by atoms with Gasteiger partial charge in [0.1, 0.15) is 0 Å². The van der Waals surface area contributed by atoms with Crippen molar-refractivity contribution in [2.75, 3.05) is 0 Å². The van der Waals surface area contributed by atoms with Crippen molar-refractivity contribution in [3.63, 3.8) is 0 Å². The van der Waals surface area contributed by atoms with Crippen LogP contribution in [-0.2, 0) is 6.42 Å². The maximum Gasteiger partial charge on any atom is 0.0897 e. The fourth-order valence-corrected chi connectivity index (χ4v) is 3.18. The maximum atomic E-state index is 9.47. The first-order chi connectivity index (χ1) is 10.00. The van der Waals surface area contributed by atoms with Crippen molar-refractivity contribution in [3.05, 3.63) is 53.3 Å². The number of benzene rings is 1. The molecule has 0 atom stereocenters. The average molecular weight is 280 g/mol. The lowest BCUT2D eigenvalue weighted by atomic mass is 9.73. The first kappa shape index (κ1) is 13.8. The van der Waals surface area contributed by atoms with Gasteiger partial charge in [0.25, 0.3) is 0 Å². The van der Waals surface area contributed by atoms with Crippen LogP contribution in [0.25, 0.3) is 11.1 Å². The third-order valence-electron chi connectivity index (χ3n) is 4.01. The Hall–Kier alpha value is -2.16. The lowest BCUT2D eigenvalue weighted by Crippen LogP contribution is -2.29. The van der Waals surface area contributed by atoms with Gasteiger partial charge in [-0.25, -0.2) is 0 Å². The zero-order valence-corrected chi connectivity index (χ0v) is 12.7. The SMILES string of the molecule is Cc1cc(-c2ccccc2)c2c(n1)CC(C)(C)C/C2=N\O. The third kappa shape index (κ3) is 2.56. The van der Waals surface area contributed by atoms with Crippen LogP contribution >= 0.6 is 0 Å². The van der Waals surface area contributed by atoms with Crippen molar-refractivity contribution >= 4 is 5.71 Å². The minimum Gasteiger partial charge on any atom is -0.411 e. The van der Waals surface area contributed by atoms with E-state index in [1.165, 1.54) is 0 Å². The Morgan fingerprint density at radius 1 is 1.14 bits per heavy atom. The number of oxime groups is 1. The molecule has 3 nitrogen and oxygen atoms in total. The molecule has 0 fully saturated rings. The van der Waals surface area contributed by atoms with Gasteiger partial charge in [0, 0.05) is 11.3 Å². The summed E-state index contributed by atoms with van der Waals surface area (Å²) in [6.07, 6.45) is 1.67. The van der Waals surface area contributed by atoms with Gasteiger partial charge in [-0.15, -0.1) is 0 Å². The van der Waals surface area contributed by atoms with Gasteiger partial charge in [0.15, 0.2) is 0 Å². The van der Waals surface area contributed by atoms with E-state index in [0.717, 1.165) is 46.6 Å². The molecule has 0 aliphatic heterocycles. The molecular formula is C18H20N2O. The van der Waals surface area contributed by atoms with Gasteiger partial charge in [-0.2, -0.15) is 0 Å². The molecule has 108 valence electrons. The number of aryl methyl sites for hydroxylation is 1. The average Bonchev–Trinajstić information content (AvgIpc) is 2.45. The summed E-state index contributed by atoms with van der Waals surface area (Å²) in [5.41, 5.74) is 6.12. The molecule has 3 rings (SSSR count). The van der Waals surface area contributed by atoms with Gasteiger partial charge in [-0.1, -0.05) is 49.3 Å². The van der Waals surface area contributed by atoms with Gasteiger partial charge in [-0.05, 0) is 42.4 Å². The summed E-state index contributed by atoms with van der Waals surface area (Å²) in [5.74, 6) is 0. The van der Waals surface area contributed by atoms with Crippen LogP contribution in [0.1, 0.15) is 37.2 Å². The van der Waals surface area contributed by atoms with E-state index in [0.29, 0.717) is 0 Å². The molecule has 0 saturated carbocycles. The molecule has 0 radical (unpaired) electrons. The summed E-state index contributed by atoms with van der Waals surface area (Å²) in [7, 11) is 0. The molecule has 1 aromatic heterocycles. The zero-order valence-electron chi connectivity index (χ0n) is 12.7. The highest BCUT2D eigenvalue weighted by Gasteiger charge is 2.33. The minimum absolute atomic E-state index is 0.0727. The van der Waals surface area contributed by atoms with Crippen molar-refractivity contribution in [2.45, 2.75) is 33.6 Å². The molecular weight excluding hydrogens is 260 g/mol. The summed E-state index contributed by atoms with van der Waals surface area (Å²) in [5, 5.41) is 13.0. The maximum absolute atomic E-state index is 9.47. The summed E-state index contributed by atoms with van der Waals surface area (Å²) >= 11 is 0. The molecule has 0 unspecified atom stereocenters. The number of aromatic nitrogens is 1. The molecule has 0 saturated heterocycles. The van der Waals surface area contributed by atoms with Crippen LogP contribution in [-0.4, -0.2) is 15.9 Å². The Kier molecular flexibility index (Phi) is 3.28. The minimum atomic E-state index is 0.0727. The molecule has 21 heavy (non-hydrogen) atoms. The van der Waals surface area contributed by atoms with Crippen molar-refractivity contribution in [1.82, 2.24) is 4.98 Å². The highest BCUT2D eigenvalue weighted by molar-refractivity contribution is 6.07. The monoisotopic (exact) mass is 280 g/mol. The van der Waals surface area contributed by atoms with Crippen molar-refractivity contribution < 1.29 is 5.21 Å². The van der Waals surface area contributed by atoms with Crippen molar-refractivity contribution in [3.8, 4) is 11.1 Å². The number of nitrogens with zero attached hydrogens (tertiary/aromatic N) is 2. The van der Waals surface area contributed by atoms with E-state index >= 15 is 0 Å². The lowest BCUT2D eigenvalue weighted by molar-refractivity contribution is 0.306. The second-order valence-electron chi connectivity index (χ2n) is 6.56. The Bertz CT molecular complexity index is 703. The molecule has 3 heteroatoms. The number of pyridine rings is 1. The summed E-state index contributed by atoms with van der Waals surface area (Å²) in [4.78, 5) is 4.70. The quantitative estimate of drug-likeness (QED) is 0.628. The number of rotatable bonds is 1. The fourth-order valence-electron chi connectivity index (χ4n) is 3.18. The Morgan fingerprint density at radius 3 is 2.52 bits per heavy atom. The summed E-state index contributed by atoms with van der Waals surface area (Å²) < 4.78 is 0. The van der Waals surface area contributed by atoms with E-state index in [-0.39, 0.29) is 5.41 Å². The predicted molar refractivity (Wildman–Crippen MR) is 84.8 cm³/mol. The van der Waals surface area contributed by atoms with E-state index in [4.69, 9.17) is 4.98 Å². The predicted octanol–water partition coefficient (Wildman–Crippen LogP) is 4.21. The van der Waals surface area contributed by atoms with E-state index in [9.17, 15) is 5.21 Å². The van der Waals surface area contributed by atoms with Crippen LogP contribution in [0.15, 0.2) is 41.6 Å². The smallest absolute Gasteiger partial charge is 0.0897 e. The van der Waals surface area contributed by atoms with Crippen LogP contribution in [0.4, 0.5) is 0 Å². The van der Waals surface area contributed by atoms with Gasteiger partial charge in [0.05, 0.1) is 11.4 Å². The number of hydrogen-bond donors (Lipinski definition) is 1. The molecule has 0 spiro atoms. The Morgan fingerprint density at radius 2 is 1.86 bits per heavy atom. The normalized spacial score (nSPS) is 18.5. The standard InChI is InChI=1S/C18H20N2O/c1-12-9-14(13-7-5-4-6-8-13)17-15(19-12)10-18(2,3)11-16(17)20-21/h4-9,21H,10-11H2,1-3H3/b20-16+. The van der Waals surface area contributed by atoms with Crippen LogP contribution < -0.4 is 0 Å². The highest BCUT2D eigenvalue weighted by atomic mass is 16.4. The largest absolute Gasteiger partial charge is 0.411 e. The Labute approximate surface area is 125 Å². The van der Waals surface area contributed by atoms with E-state index < -0.39 is 0 Å². The summed E-state index contributed by atoms with van der Waals surface area (Å²) in [6, 6.07) is 12.3. The second-order valence-corrected chi connectivity index (χ2v) is 6.56. The topological polar surface area (TPSA) is 45.5 Å². The van der Waals surface area contributed by atoms with Gasteiger partial charge >= 0.3 is 0 Å². The highest BCUT2D eigenvalue weighted by Crippen LogP contribution is 2.38. The Balaban J connectivity index is 2.27. The molecule has 1 N–H and O–H groups in total. The molecule has 1 aliphatic rings. The summed E-state index contributed by atoms with van der Waals surface area (Å²) in [6.45, 7) is 6.39. The van der Waals surface area contributed by atoms with E-state index in [1.807, 2.05) is 25.1 Å². The molecule has 0 amide bonds. The first-order valence-corrected chi connectivity index (χ1v) is 7.27. The van der Waals surface area contributed by atoms with E-state index in [1.54, 1.807) is 0 Å². The molecule has 1 heterocycles. The molecule has 1 aromatic carbocycles. The first-order valence-electron chi connectivity index (χ1n) is 7.27.